The fourth-order valence-electron chi connectivity index (χ4n) is 2.88. The van der Waals surface area contributed by atoms with E-state index in [4.69, 9.17) is 16.7 Å². The van der Waals surface area contributed by atoms with Gasteiger partial charge in [-0.15, -0.1) is 0 Å². The molecule has 0 spiro atoms. The summed E-state index contributed by atoms with van der Waals surface area (Å²) in [5.41, 5.74) is 0.859. The van der Waals surface area contributed by atoms with Gasteiger partial charge in [0.2, 0.25) is 0 Å². The van der Waals surface area contributed by atoms with Crippen molar-refractivity contribution in [1.82, 2.24) is 14.9 Å². The van der Waals surface area contributed by atoms with Crippen LogP contribution in [-0.4, -0.2) is 38.2 Å². The number of fused-ring (bicyclic) bond motifs is 1. The summed E-state index contributed by atoms with van der Waals surface area (Å²) in [4.78, 5) is 26.7. The zero-order valence-corrected chi connectivity index (χ0v) is 15.3. The number of nitriles is 1. The Kier molecular flexibility index (Phi) is 5.47. The van der Waals surface area contributed by atoms with E-state index < -0.39 is 29.9 Å². The van der Waals surface area contributed by atoms with Gasteiger partial charge in [0, 0.05) is 12.7 Å². The molecule has 0 radical (unpaired) electrons. The first-order chi connectivity index (χ1) is 13.4. The molecule has 3 N–H and O–H groups in total. The van der Waals surface area contributed by atoms with Gasteiger partial charge >= 0.3 is 5.97 Å². The minimum Gasteiger partial charge on any atom is -0.505 e. The minimum absolute atomic E-state index is 0.0896. The van der Waals surface area contributed by atoms with E-state index in [1.807, 2.05) is 36.4 Å². The number of rotatable bonds is 6. The zero-order valence-electron chi connectivity index (χ0n) is 14.5. The third kappa shape index (κ3) is 3.75. The minimum atomic E-state index is -1.25. The Morgan fingerprint density at radius 2 is 2.00 bits per heavy atom. The van der Waals surface area contributed by atoms with E-state index in [0.717, 1.165) is 5.56 Å². The number of aryl methyl sites for hydroxylation is 2. The van der Waals surface area contributed by atoms with Gasteiger partial charge in [-0.3, -0.25) is 9.59 Å². The van der Waals surface area contributed by atoms with Gasteiger partial charge in [-0.05, 0) is 12.0 Å². The summed E-state index contributed by atoms with van der Waals surface area (Å²) in [6, 6.07) is 11.6. The molecule has 3 aromatic rings. The van der Waals surface area contributed by atoms with Crippen LogP contribution in [0.1, 0.15) is 21.7 Å². The third-order valence-electron chi connectivity index (χ3n) is 4.15. The first-order valence-corrected chi connectivity index (χ1v) is 8.65. The van der Waals surface area contributed by atoms with Crippen molar-refractivity contribution in [3.05, 3.63) is 58.5 Å². The number of nitrogens with zero attached hydrogens (tertiary/aromatic N) is 3. The second-order valence-electron chi connectivity index (χ2n) is 5.98. The Labute approximate surface area is 164 Å². The molecule has 142 valence electrons. The molecular weight excluding hydrogens is 384 g/mol. The normalized spacial score (nSPS) is 10.6. The Morgan fingerprint density at radius 3 is 2.64 bits per heavy atom. The SMILES string of the molecule is N#Cc1nc(C(=O)NCC(=O)O)c(O)c2c(Cl)cn(CCc3ccccc3)c12. The van der Waals surface area contributed by atoms with Gasteiger partial charge < -0.3 is 20.1 Å². The summed E-state index contributed by atoms with van der Waals surface area (Å²) in [7, 11) is 0. The number of carbonyl (C=O) groups is 2. The molecule has 9 heteroatoms. The Hall–Kier alpha value is -3.57. The maximum atomic E-state index is 12.2. The third-order valence-corrected chi connectivity index (χ3v) is 4.43. The van der Waals surface area contributed by atoms with Crippen LogP contribution in [0.5, 0.6) is 5.75 Å². The number of amides is 1. The second-order valence-corrected chi connectivity index (χ2v) is 6.38. The van der Waals surface area contributed by atoms with Crippen molar-refractivity contribution in [2.45, 2.75) is 13.0 Å². The molecule has 0 bridgehead atoms. The van der Waals surface area contributed by atoms with Crippen LogP contribution >= 0.6 is 11.6 Å². The van der Waals surface area contributed by atoms with E-state index in [-0.39, 0.29) is 16.1 Å². The highest BCUT2D eigenvalue weighted by Crippen LogP contribution is 2.36. The molecule has 0 unspecified atom stereocenters. The molecule has 8 nitrogen and oxygen atoms in total. The van der Waals surface area contributed by atoms with Gasteiger partial charge in [-0.1, -0.05) is 41.9 Å². The number of nitrogens with one attached hydrogen (secondary N) is 1. The van der Waals surface area contributed by atoms with E-state index in [2.05, 4.69) is 10.3 Å². The van der Waals surface area contributed by atoms with Crippen molar-refractivity contribution in [3.8, 4) is 11.8 Å². The van der Waals surface area contributed by atoms with Gasteiger partial charge in [0.1, 0.15) is 12.6 Å². The number of benzene rings is 1. The van der Waals surface area contributed by atoms with Crippen molar-refractivity contribution in [1.29, 1.82) is 5.26 Å². The fourth-order valence-corrected chi connectivity index (χ4v) is 3.18. The Balaban J connectivity index is 2.03. The number of carboxylic acids is 1. The molecule has 0 saturated heterocycles. The molecule has 2 heterocycles. The predicted molar refractivity (Wildman–Crippen MR) is 101 cm³/mol. The van der Waals surface area contributed by atoms with Crippen LogP contribution in [0.2, 0.25) is 5.02 Å². The largest absolute Gasteiger partial charge is 0.505 e. The van der Waals surface area contributed by atoms with Crippen molar-refractivity contribution < 1.29 is 19.8 Å². The lowest BCUT2D eigenvalue weighted by Crippen LogP contribution is -2.30. The highest BCUT2D eigenvalue weighted by atomic mass is 35.5. The maximum absolute atomic E-state index is 12.2. The predicted octanol–water partition coefficient (Wildman–Crippen LogP) is 2.32. The number of hydrogen-bond donors (Lipinski definition) is 3. The number of pyridine rings is 1. The lowest BCUT2D eigenvalue weighted by molar-refractivity contribution is -0.135. The quantitative estimate of drug-likeness (QED) is 0.584. The summed E-state index contributed by atoms with van der Waals surface area (Å²) in [5.74, 6) is -2.66. The van der Waals surface area contributed by atoms with Crippen molar-refractivity contribution in [2.24, 2.45) is 0 Å². The van der Waals surface area contributed by atoms with Gasteiger partial charge in [-0.2, -0.15) is 5.26 Å². The Bertz CT molecular complexity index is 1100. The van der Waals surface area contributed by atoms with Crippen LogP contribution in [0, 0.1) is 11.3 Å². The lowest BCUT2D eigenvalue weighted by Gasteiger charge is -2.10. The molecular formula is C19H15ClN4O4. The summed E-state index contributed by atoms with van der Waals surface area (Å²) in [6.07, 6.45) is 2.23. The highest BCUT2D eigenvalue weighted by molar-refractivity contribution is 6.36. The molecule has 28 heavy (non-hydrogen) atoms. The average Bonchev–Trinajstić information content (AvgIpc) is 3.02. The number of aliphatic carboxylic acids is 1. The summed E-state index contributed by atoms with van der Waals surface area (Å²) in [6.45, 7) is -0.167. The summed E-state index contributed by atoms with van der Waals surface area (Å²) in [5, 5.41) is 31.1. The smallest absolute Gasteiger partial charge is 0.322 e. The highest BCUT2D eigenvalue weighted by Gasteiger charge is 2.24. The van der Waals surface area contributed by atoms with E-state index >= 15 is 0 Å². The first kappa shape index (κ1) is 19.2. The van der Waals surface area contributed by atoms with Gasteiger partial charge in [0.05, 0.1) is 15.9 Å². The van der Waals surface area contributed by atoms with Crippen LogP contribution in [0.3, 0.4) is 0 Å². The second kappa shape index (κ2) is 7.98. The molecule has 0 aliphatic heterocycles. The molecule has 0 fully saturated rings. The van der Waals surface area contributed by atoms with E-state index in [0.29, 0.717) is 18.5 Å². The number of aromatic nitrogens is 2. The molecule has 1 amide bonds. The van der Waals surface area contributed by atoms with Crippen molar-refractivity contribution in [2.75, 3.05) is 6.54 Å². The number of carboxylic acid groups (broad SMARTS) is 1. The van der Waals surface area contributed by atoms with E-state index in [1.165, 1.54) is 0 Å². The average molecular weight is 399 g/mol. The Morgan fingerprint density at radius 1 is 1.29 bits per heavy atom. The van der Waals surface area contributed by atoms with Crippen LogP contribution in [0.4, 0.5) is 0 Å². The van der Waals surface area contributed by atoms with Crippen LogP contribution in [0.25, 0.3) is 10.9 Å². The van der Waals surface area contributed by atoms with Crippen LogP contribution < -0.4 is 5.32 Å². The van der Waals surface area contributed by atoms with E-state index in [1.54, 1.807) is 10.8 Å². The number of halogens is 1. The maximum Gasteiger partial charge on any atom is 0.322 e. The summed E-state index contributed by atoms with van der Waals surface area (Å²) < 4.78 is 1.70. The molecule has 0 atom stereocenters. The molecule has 2 aromatic heterocycles. The fraction of sp³-hybridized carbons (Fsp3) is 0.158. The first-order valence-electron chi connectivity index (χ1n) is 8.27. The lowest BCUT2D eigenvalue weighted by atomic mass is 10.1. The van der Waals surface area contributed by atoms with Gasteiger partial charge in [0.15, 0.2) is 17.1 Å². The van der Waals surface area contributed by atoms with Crippen LogP contribution in [-0.2, 0) is 17.8 Å². The molecule has 0 aliphatic carbocycles. The monoisotopic (exact) mass is 398 g/mol. The standard InChI is InChI=1S/C19H15ClN4O4/c20-12-10-24(7-6-11-4-2-1-3-5-11)17-13(8-21)23-16(18(27)15(12)17)19(28)22-9-14(25)26/h1-5,10,27H,6-7,9H2,(H,22,28)(H,25,26). The van der Waals surface area contributed by atoms with Gasteiger partial charge in [0.25, 0.3) is 5.91 Å². The number of hydrogen-bond acceptors (Lipinski definition) is 5. The topological polar surface area (TPSA) is 128 Å². The number of aromatic hydroxyl groups is 1. The number of carbonyl (C=O) groups excluding carboxylic acids is 1. The molecule has 0 saturated carbocycles. The molecule has 0 aliphatic rings. The summed E-state index contributed by atoms with van der Waals surface area (Å²) >= 11 is 6.25. The molecule has 1 aromatic carbocycles. The van der Waals surface area contributed by atoms with Gasteiger partial charge in [-0.25, -0.2) is 4.98 Å². The zero-order chi connectivity index (χ0) is 20.3. The van der Waals surface area contributed by atoms with Crippen molar-refractivity contribution >= 4 is 34.4 Å². The van der Waals surface area contributed by atoms with Crippen molar-refractivity contribution in [3.63, 3.8) is 0 Å². The van der Waals surface area contributed by atoms with Crippen LogP contribution in [0.15, 0.2) is 36.5 Å². The van der Waals surface area contributed by atoms with E-state index in [9.17, 15) is 20.0 Å². The molecule has 3 rings (SSSR count).